The summed E-state index contributed by atoms with van der Waals surface area (Å²) in [5.74, 6) is -0.410. The molecule has 2 rings (SSSR count). The number of rotatable bonds is 5. The largest absolute Gasteiger partial charge is 0.465 e. The van der Waals surface area contributed by atoms with Crippen LogP contribution >= 0.6 is 0 Å². The average molecular weight is 333 g/mol. The maximum absolute atomic E-state index is 12.2. The number of ether oxygens (including phenoxy) is 1. The van der Waals surface area contributed by atoms with Crippen molar-refractivity contribution in [2.24, 2.45) is 0 Å². The van der Waals surface area contributed by atoms with Crippen molar-refractivity contribution in [1.82, 2.24) is 10.2 Å². The van der Waals surface area contributed by atoms with E-state index in [0.717, 1.165) is 18.5 Å². The number of benzene rings is 1. The van der Waals surface area contributed by atoms with Crippen LogP contribution in [0.3, 0.4) is 0 Å². The lowest BCUT2D eigenvalue weighted by atomic mass is 10.0. The van der Waals surface area contributed by atoms with Crippen LogP contribution in [0.15, 0.2) is 18.2 Å². The fourth-order valence-electron chi connectivity index (χ4n) is 2.82. The Labute approximate surface area is 143 Å². The van der Waals surface area contributed by atoms with E-state index in [1.807, 2.05) is 0 Å². The highest BCUT2D eigenvalue weighted by Gasteiger charge is 2.24. The summed E-state index contributed by atoms with van der Waals surface area (Å²) in [6.07, 6.45) is 1.96. The van der Waals surface area contributed by atoms with Crippen molar-refractivity contribution in [3.63, 3.8) is 0 Å². The summed E-state index contributed by atoms with van der Waals surface area (Å²) < 4.78 is 4.82. The van der Waals surface area contributed by atoms with Crippen LogP contribution in [0.4, 0.5) is 10.5 Å². The second-order valence-corrected chi connectivity index (χ2v) is 6.19. The molecule has 1 atom stereocenters. The zero-order chi connectivity index (χ0) is 17.5. The summed E-state index contributed by atoms with van der Waals surface area (Å²) in [4.78, 5) is 25.3. The van der Waals surface area contributed by atoms with Gasteiger partial charge >= 0.3 is 12.0 Å². The number of hydrogen-bond acceptors (Lipinski definition) is 4. The predicted molar refractivity (Wildman–Crippen MR) is 94.2 cm³/mol. The van der Waals surface area contributed by atoms with E-state index in [-0.39, 0.29) is 18.6 Å². The van der Waals surface area contributed by atoms with Crippen LogP contribution in [-0.4, -0.2) is 49.2 Å². The monoisotopic (exact) mass is 333 g/mol. The van der Waals surface area contributed by atoms with Gasteiger partial charge in [0.05, 0.1) is 6.61 Å². The summed E-state index contributed by atoms with van der Waals surface area (Å²) in [6, 6.07) is 6.31. The predicted octanol–water partition coefficient (Wildman–Crippen LogP) is 2.45. The van der Waals surface area contributed by atoms with Crippen LogP contribution in [0.1, 0.15) is 30.9 Å². The number of esters is 1. The van der Waals surface area contributed by atoms with Gasteiger partial charge in [-0.05, 0) is 56.9 Å². The lowest BCUT2D eigenvalue weighted by Crippen LogP contribution is -2.50. The van der Waals surface area contributed by atoms with E-state index < -0.39 is 5.97 Å². The molecule has 1 fully saturated rings. The number of amides is 2. The van der Waals surface area contributed by atoms with Crippen LogP contribution in [0.5, 0.6) is 0 Å². The number of urea groups is 1. The van der Waals surface area contributed by atoms with E-state index in [2.05, 4.69) is 42.7 Å². The maximum atomic E-state index is 12.2. The van der Waals surface area contributed by atoms with Crippen molar-refractivity contribution in [3.05, 3.63) is 29.3 Å². The fraction of sp³-hybridized carbons (Fsp3) is 0.556. The molecule has 2 N–H and O–H groups in total. The summed E-state index contributed by atoms with van der Waals surface area (Å²) in [5.41, 5.74) is 3.60. The van der Waals surface area contributed by atoms with E-state index >= 15 is 0 Å². The van der Waals surface area contributed by atoms with Gasteiger partial charge in [0.25, 0.3) is 0 Å². The highest BCUT2D eigenvalue weighted by Crippen LogP contribution is 2.19. The molecule has 0 radical (unpaired) electrons. The quantitative estimate of drug-likeness (QED) is 0.812. The first-order valence-electron chi connectivity index (χ1n) is 8.51. The Hall–Kier alpha value is -2.24. The Morgan fingerprint density at radius 1 is 1.29 bits per heavy atom. The molecule has 1 heterocycles. The zero-order valence-corrected chi connectivity index (χ0v) is 14.7. The number of carbonyl (C=O) groups is 2. The van der Waals surface area contributed by atoms with Gasteiger partial charge in [0.15, 0.2) is 0 Å². The van der Waals surface area contributed by atoms with Gasteiger partial charge < -0.3 is 20.3 Å². The molecule has 1 aromatic rings. The number of hydrogen-bond donors (Lipinski definition) is 2. The van der Waals surface area contributed by atoms with E-state index in [1.165, 1.54) is 11.1 Å². The Bertz CT molecular complexity index is 589. The topological polar surface area (TPSA) is 70.7 Å². The van der Waals surface area contributed by atoms with Crippen LogP contribution < -0.4 is 10.6 Å². The van der Waals surface area contributed by atoms with Gasteiger partial charge in [-0.3, -0.25) is 4.79 Å². The number of anilines is 1. The van der Waals surface area contributed by atoms with Crippen molar-refractivity contribution < 1.29 is 14.3 Å². The molecular formula is C18H27N3O3. The molecule has 1 saturated heterocycles. The highest BCUT2D eigenvalue weighted by atomic mass is 16.5. The number of nitrogens with zero attached hydrogens (tertiary/aromatic N) is 1. The fourth-order valence-corrected chi connectivity index (χ4v) is 2.82. The molecule has 24 heavy (non-hydrogen) atoms. The van der Waals surface area contributed by atoms with Gasteiger partial charge in [0.2, 0.25) is 0 Å². The molecule has 132 valence electrons. The van der Waals surface area contributed by atoms with Gasteiger partial charge in [-0.1, -0.05) is 6.07 Å². The first-order valence-corrected chi connectivity index (χ1v) is 8.51. The molecule has 6 nitrogen and oxygen atoms in total. The SMILES string of the molecule is CCOC(=O)CNC(=O)N1CCCC(Nc2ccc(C)c(C)c2)C1. The minimum absolute atomic E-state index is 0.0849. The standard InChI is InChI=1S/C18H27N3O3/c1-4-24-17(22)11-19-18(23)21-9-5-6-16(12-21)20-15-8-7-13(2)14(3)10-15/h7-8,10,16,20H,4-6,9,11-12H2,1-3H3,(H,19,23). The van der Waals surface area contributed by atoms with E-state index in [0.29, 0.717) is 19.7 Å². The van der Waals surface area contributed by atoms with Crippen molar-refractivity contribution in [3.8, 4) is 0 Å². The summed E-state index contributed by atoms with van der Waals surface area (Å²) in [5, 5.41) is 6.13. The Kier molecular flexibility index (Phi) is 6.46. The molecule has 0 spiro atoms. The van der Waals surface area contributed by atoms with E-state index in [1.54, 1.807) is 11.8 Å². The first kappa shape index (κ1) is 18.1. The maximum Gasteiger partial charge on any atom is 0.325 e. The van der Waals surface area contributed by atoms with Crippen LogP contribution in [-0.2, 0) is 9.53 Å². The van der Waals surface area contributed by atoms with Gasteiger partial charge in [-0.25, -0.2) is 4.79 Å². The molecule has 0 aliphatic carbocycles. The summed E-state index contributed by atoms with van der Waals surface area (Å²) in [7, 11) is 0. The third-order valence-corrected chi connectivity index (χ3v) is 4.28. The average Bonchev–Trinajstić information content (AvgIpc) is 2.56. The highest BCUT2D eigenvalue weighted by molar-refractivity contribution is 5.81. The van der Waals surface area contributed by atoms with Crippen molar-refractivity contribution in [2.45, 2.75) is 39.7 Å². The molecule has 0 aromatic heterocycles. The molecule has 2 amide bonds. The number of likely N-dealkylation sites (tertiary alicyclic amines) is 1. The third kappa shape index (κ3) is 5.15. The molecule has 1 aromatic carbocycles. The van der Waals surface area contributed by atoms with Crippen molar-refractivity contribution >= 4 is 17.7 Å². The molecule has 1 aliphatic heterocycles. The summed E-state index contributed by atoms with van der Waals surface area (Å²) >= 11 is 0. The number of aryl methyl sites for hydroxylation is 2. The van der Waals surface area contributed by atoms with E-state index in [4.69, 9.17) is 4.74 Å². The van der Waals surface area contributed by atoms with Crippen LogP contribution in [0, 0.1) is 13.8 Å². The lowest BCUT2D eigenvalue weighted by Gasteiger charge is -2.33. The molecule has 6 heteroatoms. The van der Waals surface area contributed by atoms with Crippen molar-refractivity contribution in [1.29, 1.82) is 0 Å². The second-order valence-electron chi connectivity index (χ2n) is 6.19. The molecule has 1 aliphatic rings. The second kappa shape index (κ2) is 8.57. The number of nitrogens with one attached hydrogen (secondary N) is 2. The van der Waals surface area contributed by atoms with Gasteiger partial charge in [-0.2, -0.15) is 0 Å². The van der Waals surface area contributed by atoms with Crippen molar-refractivity contribution in [2.75, 3.05) is 31.6 Å². The third-order valence-electron chi connectivity index (χ3n) is 4.28. The van der Waals surface area contributed by atoms with Crippen LogP contribution in [0.25, 0.3) is 0 Å². The first-order chi connectivity index (χ1) is 11.5. The molecular weight excluding hydrogens is 306 g/mol. The molecule has 0 saturated carbocycles. The Morgan fingerprint density at radius 2 is 2.08 bits per heavy atom. The van der Waals surface area contributed by atoms with Gasteiger partial charge in [0.1, 0.15) is 6.54 Å². The minimum atomic E-state index is -0.410. The Balaban J connectivity index is 1.85. The van der Waals surface area contributed by atoms with Gasteiger partial charge in [0, 0.05) is 24.8 Å². The van der Waals surface area contributed by atoms with Gasteiger partial charge in [-0.15, -0.1) is 0 Å². The number of piperidine rings is 1. The molecule has 1 unspecified atom stereocenters. The number of carbonyl (C=O) groups excluding carboxylic acids is 2. The lowest BCUT2D eigenvalue weighted by molar-refractivity contribution is -0.141. The van der Waals surface area contributed by atoms with Crippen LogP contribution in [0.2, 0.25) is 0 Å². The zero-order valence-electron chi connectivity index (χ0n) is 14.7. The minimum Gasteiger partial charge on any atom is -0.465 e. The smallest absolute Gasteiger partial charge is 0.325 e. The normalized spacial score (nSPS) is 17.3. The van der Waals surface area contributed by atoms with E-state index in [9.17, 15) is 9.59 Å². The summed E-state index contributed by atoms with van der Waals surface area (Å²) in [6.45, 7) is 7.50. The molecule has 0 bridgehead atoms. The Morgan fingerprint density at radius 3 is 2.79 bits per heavy atom.